The maximum absolute atomic E-state index is 11.8. The molecule has 146 valence electrons. The number of unbranched alkanes of at least 4 members (excludes halogenated alkanes) is 1. The van der Waals surface area contributed by atoms with Gasteiger partial charge in [0.25, 0.3) is 0 Å². The second-order valence-corrected chi connectivity index (χ2v) is 6.62. The average Bonchev–Trinajstić information content (AvgIpc) is 2.65. The molecule has 2 aromatic rings. The highest BCUT2D eigenvalue weighted by atomic mass is 16.2. The molecule has 0 atom stereocenters. The van der Waals surface area contributed by atoms with Crippen molar-refractivity contribution in [2.45, 2.75) is 39.5 Å². The number of hydrogen-bond donors (Lipinski definition) is 2. The number of aryl methyl sites for hydroxylation is 2. The monoisotopic (exact) mass is 378 g/mol. The van der Waals surface area contributed by atoms with Gasteiger partial charge in [0.05, 0.1) is 12.4 Å². The van der Waals surface area contributed by atoms with Crippen LogP contribution in [-0.4, -0.2) is 24.2 Å². The zero-order valence-corrected chi connectivity index (χ0v) is 16.3. The van der Waals surface area contributed by atoms with Crippen molar-refractivity contribution in [1.82, 2.24) is 10.9 Å². The number of hydrazone groups is 2. The molecule has 0 spiro atoms. The number of hydrogen-bond acceptors (Lipinski definition) is 4. The molecule has 0 saturated carbocycles. The fraction of sp³-hybridized carbons (Fsp3) is 0.273. The van der Waals surface area contributed by atoms with E-state index < -0.39 is 0 Å². The van der Waals surface area contributed by atoms with Crippen molar-refractivity contribution in [3.05, 3.63) is 70.8 Å². The van der Waals surface area contributed by atoms with Crippen LogP contribution < -0.4 is 10.9 Å². The van der Waals surface area contributed by atoms with Gasteiger partial charge in [-0.05, 0) is 37.8 Å². The molecule has 6 heteroatoms. The molecule has 0 unspecified atom stereocenters. The van der Waals surface area contributed by atoms with E-state index in [9.17, 15) is 9.59 Å². The van der Waals surface area contributed by atoms with E-state index in [4.69, 9.17) is 0 Å². The van der Waals surface area contributed by atoms with E-state index in [1.165, 1.54) is 0 Å². The minimum Gasteiger partial charge on any atom is -0.273 e. The first-order chi connectivity index (χ1) is 13.5. The average molecular weight is 378 g/mol. The summed E-state index contributed by atoms with van der Waals surface area (Å²) < 4.78 is 0. The van der Waals surface area contributed by atoms with E-state index in [-0.39, 0.29) is 11.8 Å². The van der Waals surface area contributed by atoms with Gasteiger partial charge < -0.3 is 0 Å². The van der Waals surface area contributed by atoms with Gasteiger partial charge in [-0.15, -0.1) is 0 Å². The summed E-state index contributed by atoms with van der Waals surface area (Å²) in [7, 11) is 0. The zero-order valence-electron chi connectivity index (χ0n) is 16.3. The smallest absolute Gasteiger partial charge is 0.240 e. The molecule has 0 radical (unpaired) electrons. The van der Waals surface area contributed by atoms with Crippen molar-refractivity contribution in [2.75, 3.05) is 0 Å². The minimum absolute atomic E-state index is 0.165. The Labute approximate surface area is 165 Å². The molecular formula is C22H26N4O2. The topological polar surface area (TPSA) is 82.9 Å². The van der Waals surface area contributed by atoms with Gasteiger partial charge in [-0.3, -0.25) is 9.59 Å². The highest BCUT2D eigenvalue weighted by molar-refractivity contribution is 5.83. The van der Waals surface area contributed by atoms with Crippen molar-refractivity contribution in [3.63, 3.8) is 0 Å². The lowest BCUT2D eigenvalue weighted by molar-refractivity contribution is -0.123. The van der Waals surface area contributed by atoms with Crippen molar-refractivity contribution in [2.24, 2.45) is 10.2 Å². The molecule has 2 rings (SSSR count). The summed E-state index contributed by atoms with van der Waals surface area (Å²) in [5, 5.41) is 7.90. The van der Waals surface area contributed by atoms with Crippen LogP contribution >= 0.6 is 0 Å². The second-order valence-electron chi connectivity index (χ2n) is 6.62. The largest absolute Gasteiger partial charge is 0.273 e. The molecule has 2 N–H and O–H groups in total. The van der Waals surface area contributed by atoms with Gasteiger partial charge in [0, 0.05) is 12.8 Å². The van der Waals surface area contributed by atoms with Crippen LogP contribution in [0.3, 0.4) is 0 Å². The zero-order chi connectivity index (χ0) is 20.2. The van der Waals surface area contributed by atoms with Gasteiger partial charge in [-0.1, -0.05) is 59.7 Å². The molecule has 0 fully saturated rings. The summed E-state index contributed by atoms with van der Waals surface area (Å²) in [6.07, 6.45) is 5.10. The first kappa shape index (κ1) is 21.0. The van der Waals surface area contributed by atoms with Gasteiger partial charge in [0.1, 0.15) is 0 Å². The van der Waals surface area contributed by atoms with Crippen LogP contribution in [0, 0.1) is 13.8 Å². The van der Waals surface area contributed by atoms with Gasteiger partial charge in [0.15, 0.2) is 0 Å². The van der Waals surface area contributed by atoms with Crippen LogP contribution in [0.4, 0.5) is 0 Å². The van der Waals surface area contributed by atoms with E-state index >= 15 is 0 Å². The van der Waals surface area contributed by atoms with Crippen molar-refractivity contribution >= 4 is 24.2 Å². The predicted octanol–water partition coefficient (Wildman–Crippen LogP) is 3.46. The highest BCUT2D eigenvalue weighted by Crippen LogP contribution is 2.03. The van der Waals surface area contributed by atoms with Crippen LogP contribution in [0.25, 0.3) is 0 Å². The Balaban J connectivity index is 1.58. The van der Waals surface area contributed by atoms with Crippen molar-refractivity contribution in [1.29, 1.82) is 0 Å². The number of benzene rings is 2. The van der Waals surface area contributed by atoms with Crippen LogP contribution in [-0.2, 0) is 9.59 Å². The minimum atomic E-state index is -0.165. The molecule has 0 heterocycles. The normalized spacial score (nSPS) is 11.1. The molecule has 0 bridgehead atoms. The van der Waals surface area contributed by atoms with Gasteiger partial charge in [0.2, 0.25) is 11.8 Å². The lowest BCUT2D eigenvalue weighted by atomic mass is 10.1. The Bertz CT molecular complexity index is 788. The van der Waals surface area contributed by atoms with Crippen LogP contribution in [0.2, 0.25) is 0 Å². The SMILES string of the molecule is Cc1cccc(/C=N/NC(=O)CCCCC(=O)N/N=C/c2cccc(C)c2)c1. The number of nitrogens with one attached hydrogen (secondary N) is 2. The summed E-state index contributed by atoms with van der Waals surface area (Å²) in [4.78, 5) is 23.5. The predicted molar refractivity (Wildman–Crippen MR) is 112 cm³/mol. The molecular weight excluding hydrogens is 352 g/mol. The Morgan fingerprint density at radius 1 is 0.786 bits per heavy atom. The maximum atomic E-state index is 11.8. The summed E-state index contributed by atoms with van der Waals surface area (Å²) in [5.41, 5.74) is 9.14. The summed E-state index contributed by atoms with van der Waals surface area (Å²) >= 11 is 0. The fourth-order valence-corrected chi connectivity index (χ4v) is 2.54. The molecule has 0 aromatic heterocycles. The number of nitrogens with zero attached hydrogens (tertiary/aromatic N) is 2. The van der Waals surface area contributed by atoms with E-state index in [2.05, 4.69) is 21.1 Å². The van der Waals surface area contributed by atoms with Crippen molar-refractivity contribution in [3.8, 4) is 0 Å². The number of carbonyl (C=O) groups excluding carboxylic acids is 2. The third kappa shape index (κ3) is 8.40. The fourth-order valence-electron chi connectivity index (χ4n) is 2.54. The molecule has 2 aromatic carbocycles. The van der Waals surface area contributed by atoms with Gasteiger partial charge in [-0.2, -0.15) is 10.2 Å². The standard InChI is InChI=1S/C22H26N4O2/c1-17-7-5-9-19(13-17)15-23-25-21(27)11-3-4-12-22(28)26-24-16-20-10-6-8-18(2)14-20/h5-10,13-16H,3-4,11-12H2,1-2H3,(H,25,27)(H,26,28)/b23-15+,24-16+. The molecule has 2 amide bonds. The van der Waals surface area contributed by atoms with Gasteiger partial charge in [-0.25, -0.2) is 10.9 Å². The maximum Gasteiger partial charge on any atom is 0.240 e. The van der Waals surface area contributed by atoms with Crippen LogP contribution in [0.15, 0.2) is 58.7 Å². The van der Waals surface area contributed by atoms with E-state index in [1.807, 2.05) is 62.4 Å². The molecule has 0 aliphatic carbocycles. The molecule has 28 heavy (non-hydrogen) atoms. The highest BCUT2D eigenvalue weighted by Gasteiger charge is 2.03. The Hall–Kier alpha value is -3.28. The van der Waals surface area contributed by atoms with Crippen LogP contribution in [0.1, 0.15) is 47.9 Å². The third-order valence-corrected chi connectivity index (χ3v) is 3.95. The third-order valence-electron chi connectivity index (χ3n) is 3.95. The van der Waals surface area contributed by atoms with Gasteiger partial charge >= 0.3 is 0 Å². The van der Waals surface area contributed by atoms with Crippen molar-refractivity contribution < 1.29 is 9.59 Å². The quantitative estimate of drug-likeness (QED) is 0.398. The second kappa shape index (κ2) is 11.4. The Morgan fingerprint density at radius 3 is 1.61 bits per heavy atom. The molecule has 0 saturated heterocycles. The first-order valence-corrected chi connectivity index (χ1v) is 9.30. The lowest BCUT2D eigenvalue weighted by Crippen LogP contribution is -2.19. The number of carbonyl (C=O) groups is 2. The summed E-state index contributed by atoms with van der Waals surface area (Å²) in [6, 6.07) is 15.7. The first-order valence-electron chi connectivity index (χ1n) is 9.30. The van der Waals surface area contributed by atoms with E-state index in [0.717, 1.165) is 22.3 Å². The van der Waals surface area contributed by atoms with E-state index in [0.29, 0.717) is 25.7 Å². The number of amides is 2. The molecule has 0 aliphatic rings. The number of rotatable bonds is 9. The summed E-state index contributed by atoms with van der Waals surface area (Å²) in [5.74, 6) is -0.330. The van der Waals surface area contributed by atoms with Crippen LogP contribution in [0.5, 0.6) is 0 Å². The van der Waals surface area contributed by atoms with E-state index in [1.54, 1.807) is 12.4 Å². The lowest BCUT2D eigenvalue weighted by Gasteiger charge is -2.01. The Morgan fingerprint density at radius 2 is 1.21 bits per heavy atom. The molecule has 0 aliphatic heterocycles. The Kier molecular flexibility index (Phi) is 8.59. The molecule has 6 nitrogen and oxygen atoms in total. The summed E-state index contributed by atoms with van der Waals surface area (Å²) in [6.45, 7) is 4.00.